The second kappa shape index (κ2) is 4.69. The number of hydrogen-bond acceptors (Lipinski definition) is 4. The number of rotatable bonds is 1. The van der Waals surface area contributed by atoms with E-state index < -0.39 is 6.29 Å². The minimum Gasteiger partial charge on any atom is -0.348 e. The van der Waals surface area contributed by atoms with Gasteiger partial charge in [0.2, 0.25) is 0 Å². The lowest BCUT2D eigenvalue weighted by Crippen LogP contribution is -2.19. The van der Waals surface area contributed by atoms with Crippen LogP contribution in [0.4, 0.5) is 0 Å². The maximum absolute atomic E-state index is 5.95. The first-order chi connectivity index (χ1) is 6.79. The summed E-state index contributed by atoms with van der Waals surface area (Å²) in [7, 11) is 0. The number of hydrogen-bond donors (Lipinski definition) is 0. The molecule has 2 rings (SSSR count). The third kappa shape index (κ3) is 2.16. The lowest BCUT2D eigenvalue weighted by Gasteiger charge is -2.24. The van der Waals surface area contributed by atoms with Crippen molar-refractivity contribution in [1.82, 2.24) is 9.97 Å². The van der Waals surface area contributed by atoms with Crippen molar-refractivity contribution in [2.45, 2.75) is 12.7 Å². The SMILES string of the molecule is Clc1ncnc(I)c1C1OCCCO1. The first-order valence-corrected chi connectivity index (χ1v) is 5.64. The summed E-state index contributed by atoms with van der Waals surface area (Å²) < 4.78 is 11.6. The van der Waals surface area contributed by atoms with Gasteiger partial charge < -0.3 is 9.47 Å². The highest BCUT2D eigenvalue weighted by Gasteiger charge is 2.23. The molecular weight excluding hydrogens is 318 g/mol. The quantitative estimate of drug-likeness (QED) is 0.586. The molecule has 1 aromatic rings. The van der Waals surface area contributed by atoms with Crippen LogP contribution in [0.2, 0.25) is 5.15 Å². The second-order valence-corrected chi connectivity index (χ2v) is 4.18. The maximum atomic E-state index is 5.95. The molecule has 0 N–H and O–H groups in total. The van der Waals surface area contributed by atoms with E-state index in [2.05, 4.69) is 32.6 Å². The van der Waals surface area contributed by atoms with Crippen LogP contribution in [0.25, 0.3) is 0 Å². The molecule has 0 aromatic carbocycles. The van der Waals surface area contributed by atoms with Gasteiger partial charge in [0.1, 0.15) is 15.2 Å². The van der Waals surface area contributed by atoms with E-state index in [0.29, 0.717) is 18.4 Å². The Kier molecular flexibility index (Phi) is 3.53. The van der Waals surface area contributed by atoms with Crippen LogP contribution < -0.4 is 0 Å². The van der Waals surface area contributed by atoms with Gasteiger partial charge in [0.25, 0.3) is 0 Å². The minimum atomic E-state index is -0.413. The molecular formula is C8H8ClIN2O2. The van der Waals surface area contributed by atoms with Gasteiger partial charge in [0.05, 0.1) is 18.8 Å². The Morgan fingerprint density at radius 2 is 2.07 bits per heavy atom. The zero-order chi connectivity index (χ0) is 9.97. The summed E-state index contributed by atoms with van der Waals surface area (Å²) in [6.07, 6.45) is 1.93. The van der Waals surface area contributed by atoms with Crippen LogP contribution in [0.1, 0.15) is 18.3 Å². The highest BCUT2D eigenvalue weighted by Crippen LogP contribution is 2.30. The molecule has 0 atom stereocenters. The van der Waals surface area contributed by atoms with Crippen molar-refractivity contribution in [1.29, 1.82) is 0 Å². The van der Waals surface area contributed by atoms with Crippen LogP contribution in [-0.4, -0.2) is 23.2 Å². The second-order valence-electron chi connectivity index (χ2n) is 2.80. The lowest BCUT2D eigenvalue weighted by atomic mass is 10.3. The highest BCUT2D eigenvalue weighted by molar-refractivity contribution is 14.1. The molecule has 0 spiro atoms. The predicted molar refractivity (Wildman–Crippen MR) is 59.0 cm³/mol. The van der Waals surface area contributed by atoms with Crippen molar-refractivity contribution in [2.24, 2.45) is 0 Å². The Hall–Kier alpha value is 0.0200. The normalized spacial score (nSPS) is 18.4. The van der Waals surface area contributed by atoms with Crippen LogP contribution in [0.3, 0.4) is 0 Å². The van der Waals surface area contributed by atoms with E-state index in [1.807, 2.05) is 0 Å². The van der Waals surface area contributed by atoms with Crippen molar-refractivity contribution < 1.29 is 9.47 Å². The van der Waals surface area contributed by atoms with Gasteiger partial charge in [0, 0.05) is 0 Å². The van der Waals surface area contributed by atoms with Gasteiger partial charge in [-0.05, 0) is 29.0 Å². The van der Waals surface area contributed by atoms with Crippen molar-refractivity contribution in [3.05, 3.63) is 20.7 Å². The largest absolute Gasteiger partial charge is 0.348 e. The van der Waals surface area contributed by atoms with Crippen LogP contribution in [0.15, 0.2) is 6.33 Å². The van der Waals surface area contributed by atoms with Gasteiger partial charge in [-0.25, -0.2) is 9.97 Å². The van der Waals surface area contributed by atoms with E-state index in [1.165, 1.54) is 6.33 Å². The lowest BCUT2D eigenvalue weighted by molar-refractivity contribution is -0.183. The molecule has 1 saturated heterocycles. The van der Waals surface area contributed by atoms with Crippen LogP contribution in [0, 0.1) is 3.70 Å². The highest BCUT2D eigenvalue weighted by atomic mass is 127. The summed E-state index contributed by atoms with van der Waals surface area (Å²) in [5.74, 6) is 0. The van der Waals surface area contributed by atoms with Crippen molar-refractivity contribution in [3.8, 4) is 0 Å². The zero-order valence-corrected chi connectivity index (χ0v) is 10.2. The van der Waals surface area contributed by atoms with Gasteiger partial charge in [-0.1, -0.05) is 11.6 Å². The third-order valence-corrected chi connectivity index (χ3v) is 3.01. The maximum Gasteiger partial charge on any atom is 0.189 e. The Morgan fingerprint density at radius 1 is 1.36 bits per heavy atom. The van der Waals surface area contributed by atoms with Gasteiger partial charge in [-0.2, -0.15) is 0 Å². The average molecular weight is 327 g/mol. The molecule has 0 bridgehead atoms. The summed E-state index contributed by atoms with van der Waals surface area (Å²) in [6.45, 7) is 1.37. The van der Waals surface area contributed by atoms with Crippen molar-refractivity contribution >= 4 is 34.2 Å². The molecule has 1 fully saturated rings. The Balaban J connectivity index is 2.29. The summed E-state index contributed by atoms with van der Waals surface area (Å²) in [4.78, 5) is 7.95. The predicted octanol–water partition coefficient (Wildman–Crippen LogP) is 2.17. The van der Waals surface area contributed by atoms with Gasteiger partial charge in [0.15, 0.2) is 6.29 Å². The topological polar surface area (TPSA) is 44.2 Å². The molecule has 0 saturated carbocycles. The molecule has 0 unspecified atom stereocenters. The van der Waals surface area contributed by atoms with E-state index in [0.717, 1.165) is 15.7 Å². The summed E-state index contributed by atoms with van der Waals surface area (Å²) >= 11 is 8.04. The fourth-order valence-corrected chi connectivity index (χ4v) is 2.22. The fourth-order valence-electron chi connectivity index (χ4n) is 1.20. The summed E-state index contributed by atoms with van der Waals surface area (Å²) in [5, 5.41) is 0.399. The fraction of sp³-hybridized carbons (Fsp3) is 0.500. The van der Waals surface area contributed by atoms with Crippen molar-refractivity contribution in [3.63, 3.8) is 0 Å². The molecule has 0 amide bonds. The minimum absolute atomic E-state index is 0.399. The van der Waals surface area contributed by atoms with E-state index in [1.54, 1.807) is 0 Å². The monoisotopic (exact) mass is 326 g/mol. The summed E-state index contributed by atoms with van der Waals surface area (Å²) in [6, 6.07) is 0. The molecule has 76 valence electrons. The first kappa shape index (κ1) is 10.5. The standard InChI is InChI=1S/C8H8ClIN2O2/c9-6-5(7(10)12-4-11-6)8-13-2-1-3-14-8/h4,8H,1-3H2. The Bertz CT molecular complexity index is 311. The average Bonchev–Trinajstić information content (AvgIpc) is 2.19. The van der Waals surface area contributed by atoms with Crippen molar-refractivity contribution in [2.75, 3.05) is 13.2 Å². The molecule has 2 heterocycles. The number of ether oxygens (including phenoxy) is 2. The van der Waals surface area contributed by atoms with Crippen LogP contribution >= 0.6 is 34.2 Å². The van der Waals surface area contributed by atoms with Gasteiger partial charge in [-0.3, -0.25) is 0 Å². The molecule has 14 heavy (non-hydrogen) atoms. The van der Waals surface area contributed by atoms with Crippen LogP contribution in [0.5, 0.6) is 0 Å². The van der Waals surface area contributed by atoms with E-state index in [4.69, 9.17) is 21.1 Å². The van der Waals surface area contributed by atoms with Crippen LogP contribution in [-0.2, 0) is 9.47 Å². The molecule has 1 aliphatic rings. The molecule has 1 aromatic heterocycles. The molecule has 4 nitrogen and oxygen atoms in total. The number of nitrogens with zero attached hydrogens (tertiary/aromatic N) is 2. The Morgan fingerprint density at radius 3 is 2.71 bits per heavy atom. The van der Waals surface area contributed by atoms with Gasteiger partial charge in [-0.15, -0.1) is 0 Å². The molecule has 6 heteroatoms. The van der Waals surface area contributed by atoms with Gasteiger partial charge >= 0.3 is 0 Å². The Labute approximate surface area is 100 Å². The molecule has 1 aliphatic heterocycles. The zero-order valence-electron chi connectivity index (χ0n) is 7.24. The van der Waals surface area contributed by atoms with E-state index in [-0.39, 0.29) is 0 Å². The van der Waals surface area contributed by atoms with E-state index >= 15 is 0 Å². The number of aromatic nitrogens is 2. The number of halogens is 2. The summed E-state index contributed by atoms with van der Waals surface area (Å²) in [5.41, 5.74) is 0.731. The van der Waals surface area contributed by atoms with E-state index in [9.17, 15) is 0 Å². The smallest absolute Gasteiger partial charge is 0.189 e. The molecule has 0 aliphatic carbocycles. The first-order valence-electron chi connectivity index (χ1n) is 4.18. The molecule has 0 radical (unpaired) electrons. The third-order valence-electron chi connectivity index (χ3n) is 1.85.